The van der Waals surface area contributed by atoms with E-state index in [-0.39, 0.29) is 0 Å². The van der Waals surface area contributed by atoms with Gasteiger partial charge in [0, 0.05) is 6.04 Å². The quantitative estimate of drug-likeness (QED) is 0.864. The summed E-state index contributed by atoms with van der Waals surface area (Å²) in [7, 11) is 1.68. The van der Waals surface area contributed by atoms with Gasteiger partial charge in [-0.1, -0.05) is 12.1 Å². The summed E-state index contributed by atoms with van der Waals surface area (Å²) in [5, 5.41) is 3.38. The van der Waals surface area contributed by atoms with E-state index in [1.54, 1.807) is 19.5 Å². The third kappa shape index (κ3) is 4.25. The van der Waals surface area contributed by atoms with E-state index in [2.05, 4.69) is 34.3 Å². The van der Waals surface area contributed by atoms with Crippen LogP contribution in [0.1, 0.15) is 18.9 Å². The standard InChI is InChI=1S/C15H19N3O/c1-12(18-14-9-16-11-17-10-14)3-4-13-5-7-15(19-2)8-6-13/h5-12,18H,3-4H2,1-2H3. The first kappa shape index (κ1) is 13.3. The molecule has 1 aromatic heterocycles. The van der Waals surface area contributed by atoms with Gasteiger partial charge in [-0.15, -0.1) is 0 Å². The summed E-state index contributed by atoms with van der Waals surface area (Å²) in [6.45, 7) is 2.16. The molecule has 0 aliphatic heterocycles. The van der Waals surface area contributed by atoms with Crippen molar-refractivity contribution >= 4 is 5.69 Å². The Morgan fingerprint density at radius 2 is 1.84 bits per heavy atom. The predicted octanol–water partition coefficient (Wildman–Crippen LogP) is 2.92. The van der Waals surface area contributed by atoms with Crippen molar-refractivity contribution in [2.45, 2.75) is 25.8 Å². The molecule has 4 heteroatoms. The molecule has 2 aromatic rings. The number of hydrogen-bond acceptors (Lipinski definition) is 4. The largest absolute Gasteiger partial charge is 0.497 e. The molecule has 1 atom stereocenters. The maximum atomic E-state index is 5.15. The highest BCUT2D eigenvalue weighted by Crippen LogP contribution is 2.14. The van der Waals surface area contributed by atoms with Gasteiger partial charge in [-0.3, -0.25) is 0 Å². The summed E-state index contributed by atoms with van der Waals surface area (Å²) in [5.74, 6) is 0.899. The molecular weight excluding hydrogens is 238 g/mol. The van der Waals surface area contributed by atoms with E-state index >= 15 is 0 Å². The maximum absolute atomic E-state index is 5.15. The van der Waals surface area contributed by atoms with E-state index < -0.39 is 0 Å². The summed E-state index contributed by atoms with van der Waals surface area (Å²) in [6, 6.07) is 8.60. The summed E-state index contributed by atoms with van der Waals surface area (Å²) in [4.78, 5) is 7.98. The van der Waals surface area contributed by atoms with Crippen molar-refractivity contribution in [3.63, 3.8) is 0 Å². The number of hydrogen-bond donors (Lipinski definition) is 1. The van der Waals surface area contributed by atoms with E-state index in [1.807, 2.05) is 12.1 Å². The fourth-order valence-corrected chi connectivity index (χ4v) is 1.91. The molecule has 0 spiro atoms. The number of ether oxygens (including phenoxy) is 1. The Morgan fingerprint density at radius 3 is 2.47 bits per heavy atom. The molecule has 1 aromatic carbocycles. The van der Waals surface area contributed by atoms with Gasteiger partial charge in [0.15, 0.2) is 0 Å². The molecule has 0 aliphatic rings. The predicted molar refractivity (Wildman–Crippen MR) is 76.4 cm³/mol. The Morgan fingerprint density at radius 1 is 1.16 bits per heavy atom. The minimum Gasteiger partial charge on any atom is -0.497 e. The molecule has 0 saturated carbocycles. The number of anilines is 1. The Balaban J connectivity index is 1.81. The Hall–Kier alpha value is -2.10. The lowest BCUT2D eigenvalue weighted by molar-refractivity contribution is 0.414. The highest BCUT2D eigenvalue weighted by atomic mass is 16.5. The first-order chi connectivity index (χ1) is 9.28. The molecule has 0 fully saturated rings. The molecule has 0 bridgehead atoms. The van der Waals surface area contributed by atoms with Crippen LogP contribution in [-0.2, 0) is 6.42 Å². The molecule has 0 aliphatic carbocycles. The number of methoxy groups -OCH3 is 1. The summed E-state index contributed by atoms with van der Waals surface area (Å²) >= 11 is 0. The molecule has 19 heavy (non-hydrogen) atoms. The van der Waals surface area contributed by atoms with Gasteiger partial charge in [-0.05, 0) is 37.5 Å². The molecule has 0 radical (unpaired) electrons. The minimum atomic E-state index is 0.383. The number of aromatic nitrogens is 2. The number of benzene rings is 1. The van der Waals surface area contributed by atoms with E-state index in [0.717, 1.165) is 24.3 Å². The molecule has 1 unspecified atom stereocenters. The van der Waals surface area contributed by atoms with Gasteiger partial charge in [-0.2, -0.15) is 0 Å². The van der Waals surface area contributed by atoms with Crippen molar-refractivity contribution in [3.05, 3.63) is 48.5 Å². The zero-order valence-electron chi connectivity index (χ0n) is 11.3. The Kier molecular flexibility index (Phi) is 4.72. The van der Waals surface area contributed by atoms with Crippen LogP contribution in [0.4, 0.5) is 5.69 Å². The second-order valence-corrected chi connectivity index (χ2v) is 4.56. The molecule has 2 rings (SSSR count). The number of rotatable bonds is 6. The van der Waals surface area contributed by atoms with Gasteiger partial charge >= 0.3 is 0 Å². The second-order valence-electron chi connectivity index (χ2n) is 4.56. The molecule has 0 saturated heterocycles. The average molecular weight is 257 g/mol. The van der Waals surface area contributed by atoms with E-state index in [4.69, 9.17) is 4.74 Å². The van der Waals surface area contributed by atoms with Gasteiger partial charge < -0.3 is 10.1 Å². The van der Waals surface area contributed by atoms with E-state index in [9.17, 15) is 0 Å². The van der Waals surface area contributed by atoms with E-state index in [1.165, 1.54) is 11.9 Å². The molecule has 4 nitrogen and oxygen atoms in total. The van der Waals surface area contributed by atoms with Gasteiger partial charge in [0.25, 0.3) is 0 Å². The zero-order chi connectivity index (χ0) is 13.5. The topological polar surface area (TPSA) is 47.0 Å². The molecule has 1 heterocycles. The van der Waals surface area contributed by atoms with Gasteiger partial charge in [0.2, 0.25) is 0 Å². The minimum absolute atomic E-state index is 0.383. The smallest absolute Gasteiger partial charge is 0.118 e. The van der Waals surface area contributed by atoms with Crippen molar-refractivity contribution in [3.8, 4) is 5.75 Å². The van der Waals surface area contributed by atoms with E-state index in [0.29, 0.717) is 6.04 Å². The van der Waals surface area contributed by atoms with Crippen LogP contribution in [0.25, 0.3) is 0 Å². The molecular formula is C15H19N3O. The monoisotopic (exact) mass is 257 g/mol. The van der Waals surface area contributed by atoms with Crippen molar-refractivity contribution in [1.82, 2.24) is 9.97 Å². The normalized spacial score (nSPS) is 11.9. The highest BCUT2D eigenvalue weighted by Gasteiger charge is 2.03. The first-order valence-electron chi connectivity index (χ1n) is 6.42. The maximum Gasteiger partial charge on any atom is 0.118 e. The van der Waals surface area contributed by atoms with Crippen LogP contribution < -0.4 is 10.1 Å². The lowest BCUT2D eigenvalue weighted by Crippen LogP contribution is -2.16. The van der Waals surface area contributed by atoms with Crippen LogP contribution in [0.2, 0.25) is 0 Å². The van der Waals surface area contributed by atoms with Crippen LogP contribution in [-0.4, -0.2) is 23.1 Å². The van der Waals surface area contributed by atoms with Crippen LogP contribution in [0, 0.1) is 0 Å². The van der Waals surface area contributed by atoms with Crippen LogP contribution in [0.5, 0.6) is 5.75 Å². The average Bonchev–Trinajstić information content (AvgIpc) is 2.47. The summed E-state index contributed by atoms with van der Waals surface area (Å²) in [5.41, 5.74) is 2.28. The van der Waals surface area contributed by atoms with Gasteiger partial charge in [0.1, 0.15) is 12.1 Å². The summed E-state index contributed by atoms with van der Waals surface area (Å²) < 4.78 is 5.15. The first-order valence-corrected chi connectivity index (χ1v) is 6.42. The number of aryl methyl sites for hydroxylation is 1. The second kappa shape index (κ2) is 6.73. The summed E-state index contributed by atoms with van der Waals surface area (Å²) in [6.07, 6.45) is 7.20. The molecule has 100 valence electrons. The van der Waals surface area contributed by atoms with Crippen LogP contribution in [0.3, 0.4) is 0 Å². The molecule has 1 N–H and O–H groups in total. The third-order valence-electron chi connectivity index (χ3n) is 3.00. The van der Waals surface area contributed by atoms with Gasteiger partial charge in [0.05, 0.1) is 25.2 Å². The highest BCUT2D eigenvalue weighted by molar-refractivity contribution is 5.38. The van der Waals surface area contributed by atoms with Crippen molar-refractivity contribution in [1.29, 1.82) is 0 Å². The van der Waals surface area contributed by atoms with Crippen LogP contribution in [0.15, 0.2) is 43.0 Å². The number of nitrogens with one attached hydrogen (secondary N) is 1. The fourth-order valence-electron chi connectivity index (χ4n) is 1.91. The fraction of sp³-hybridized carbons (Fsp3) is 0.333. The Bertz CT molecular complexity index is 485. The lowest BCUT2D eigenvalue weighted by atomic mass is 10.1. The van der Waals surface area contributed by atoms with Crippen molar-refractivity contribution < 1.29 is 4.74 Å². The third-order valence-corrected chi connectivity index (χ3v) is 3.00. The van der Waals surface area contributed by atoms with Gasteiger partial charge in [-0.25, -0.2) is 9.97 Å². The lowest BCUT2D eigenvalue weighted by Gasteiger charge is -2.14. The number of nitrogens with zero attached hydrogens (tertiary/aromatic N) is 2. The Labute approximate surface area is 113 Å². The van der Waals surface area contributed by atoms with Crippen LogP contribution >= 0.6 is 0 Å². The SMILES string of the molecule is COc1ccc(CCC(C)Nc2cncnc2)cc1. The van der Waals surface area contributed by atoms with Crippen molar-refractivity contribution in [2.24, 2.45) is 0 Å². The van der Waals surface area contributed by atoms with Crippen molar-refractivity contribution in [2.75, 3.05) is 12.4 Å². The molecule has 0 amide bonds. The zero-order valence-corrected chi connectivity index (χ0v) is 11.3.